The van der Waals surface area contributed by atoms with Crippen LogP contribution in [0, 0.1) is 12.8 Å². The number of nitrogens with two attached hydrogens (primary N) is 1. The predicted molar refractivity (Wildman–Crippen MR) is 156 cm³/mol. The van der Waals surface area contributed by atoms with Crippen molar-refractivity contribution in [1.82, 2.24) is 30.1 Å². The van der Waals surface area contributed by atoms with Gasteiger partial charge in [-0.3, -0.25) is 14.4 Å². The van der Waals surface area contributed by atoms with Crippen LogP contribution < -0.4 is 11.1 Å². The number of carbonyl (C=O) groups excluding carboxylic acids is 3. The van der Waals surface area contributed by atoms with Crippen molar-refractivity contribution in [3.8, 4) is 0 Å². The molecule has 0 radical (unpaired) electrons. The average molecular weight is 560 g/mol. The highest BCUT2D eigenvalue weighted by atomic mass is 16.2. The summed E-state index contributed by atoms with van der Waals surface area (Å²) in [5.41, 5.74) is 11.4. The zero-order chi connectivity index (χ0) is 28.9. The van der Waals surface area contributed by atoms with Crippen molar-refractivity contribution in [2.45, 2.75) is 70.5 Å². The Kier molecular flexibility index (Phi) is 8.97. The Bertz CT molecular complexity index is 1380. The summed E-state index contributed by atoms with van der Waals surface area (Å²) in [5, 5.41) is 11.2. The molecule has 1 aromatic heterocycles. The molecular weight excluding hydrogens is 518 g/mol. The Morgan fingerprint density at radius 2 is 1.80 bits per heavy atom. The molecule has 41 heavy (non-hydrogen) atoms. The lowest BCUT2D eigenvalue weighted by Crippen LogP contribution is -2.51. The minimum atomic E-state index is -0.813. The van der Waals surface area contributed by atoms with Crippen molar-refractivity contribution in [1.29, 1.82) is 0 Å². The molecule has 2 aliphatic heterocycles. The number of aromatic nitrogens is 3. The van der Waals surface area contributed by atoms with Crippen LogP contribution >= 0.6 is 0 Å². The van der Waals surface area contributed by atoms with Crippen LogP contribution in [0.15, 0.2) is 42.5 Å². The minimum Gasteiger partial charge on any atom is -0.350 e. The van der Waals surface area contributed by atoms with Crippen LogP contribution in [-0.2, 0) is 34.4 Å². The van der Waals surface area contributed by atoms with Crippen LogP contribution in [0.2, 0.25) is 0 Å². The van der Waals surface area contributed by atoms with Crippen molar-refractivity contribution in [3.63, 3.8) is 0 Å². The number of hydrogen-bond acceptors (Lipinski definition) is 6. The van der Waals surface area contributed by atoms with E-state index in [-0.39, 0.29) is 36.5 Å². The first-order chi connectivity index (χ1) is 19.8. The van der Waals surface area contributed by atoms with Gasteiger partial charge in [0.15, 0.2) is 0 Å². The SMILES string of the molecule is Cc1ccc(CCC2C[C@@H](C(=O)NCc3ccc4c(c3)nnn4C)N(C(=O)[C@H](N)CCC(=O)N3CCCC3)C2)cc1. The van der Waals surface area contributed by atoms with Crippen molar-refractivity contribution in [2.24, 2.45) is 18.7 Å². The summed E-state index contributed by atoms with van der Waals surface area (Å²) in [6.45, 7) is 4.45. The molecule has 3 amide bonds. The molecule has 0 bridgehead atoms. The normalized spacial score (nSPS) is 19.6. The fourth-order valence-corrected chi connectivity index (χ4v) is 5.99. The van der Waals surface area contributed by atoms with Gasteiger partial charge in [0.25, 0.3) is 0 Å². The number of amides is 3. The van der Waals surface area contributed by atoms with Gasteiger partial charge in [0, 0.05) is 39.6 Å². The quantitative estimate of drug-likeness (QED) is 0.393. The van der Waals surface area contributed by atoms with Gasteiger partial charge in [0.1, 0.15) is 11.6 Å². The highest BCUT2D eigenvalue weighted by Gasteiger charge is 2.40. The predicted octanol–water partition coefficient (Wildman–Crippen LogP) is 2.47. The smallest absolute Gasteiger partial charge is 0.243 e. The number of carbonyl (C=O) groups is 3. The molecule has 1 unspecified atom stereocenters. The molecule has 10 nitrogen and oxygen atoms in total. The van der Waals surface area contributed by atoms with Gasteiger partial charge < -0.3 is 20.9 Å². The lowest BCUT2D eigenvalue weighted by molar-refractivity contribution is -0.140. The van der Waals surface area contributed by atoms with Crippen LogP contribution in [0.4, 0.5) is 0 Å². The van der Waals surface area contributed by atoms with Crippen molar-refractivity contribution in [3.05, 3.63) is 59.2 Å². The molecule has 0 aliphatic carbocycles. The molecule has 3 aromatic rings. The van der Waals surface area contributed by atoms with Crippen LogP contribution in [-0.4, -0.2) is 74.2 Å². The second-order valence-electron chi connectivity index (χ2n) is 11.6. The molecule has 10 heteroatoms. The van der Waals surface area contributed by atoms with Crippen LogP contribution in [0.25, 0.3) is 11.0 Å². The molecule has 2 fully saturated rings. The lowest BCUT2D eigenvalue weighted by Gasteiger charge is -2.27. The van der Waals surface area contributed by atoms with Crippen LogP contribution in [0.1, 0.15) is 55.2 Å². The Hall–Kier alpha value is -3.79. The van der Waals surface area contributed by atoms with E-state index in [0.29, 0.717) is 19.5 Å². The third-order valence-electron chi connectivity index (χ3n) is 8.52. The van der Waals surface area contributed by atoms with E-state index in [4.69, 9.17) is 5.73 Å². The average Bonchev–Trinajstić information content (AvgIpc) is 3.74. The van der Waals surface area contributed by atoms with E-state index in [0.717, 1.165) is 55.4 Å². The van der Waals surface area contributed by atoms with E-state index < -0.39 is 12.1 Å². The Labute approximate surface area is 241 Å². The number of nitrogens with one attached hydrogen (secondary N) is 1. The third kappa shape index (κ3) is 6.93. The van der Waals surface area contributed by atoms with Crippen molar-refractivity contribution < 1.29 is 14.4 Å². The molecule has 2 saturated heterocycles. The molecule has 5 rings (SSSR count). The molecule has 0 saturated carbocycles. The maximum Gasteiger partial charge on any atom is 0.243 e. The molecule has 0 spiro atoms. The summed E-state index contributed by atoms with van der Waals surface area (Å²) in [6.07, 6.45) is 4.94. The second kappa shape index (κ2) is 12.8. The van der Waals surface area contributed by atoms with Gasteiger partial charge in [-0.05, 0) is 74.6 Å². The lowest BCUT2D eigenvalue weighted by atomic mass is 9.96. The summed E-state index contributed by atoms with van der Waals surface area (Å²) in [4.78, 5) is 43.1. The highest BCUT2D eigenvalue weighted by Crippen LogP contribution is 2.29. The van der Waals surface area contributed by atoms with Crippen LogP contribution in [0.5, 0.6) is 0 Å². The van der Waals surface area contributed by atoms with Gasteiger partial charge in [0.05, 0.1) is 11.6 Å². The second-order valence-corrected chi connectivity index (χ2v) is 11.6. The molecule has 2 aromatic carbocycles. The topological polar surface area (TPSA) is 126 Å². The number of fused-ring (bicyclic) bond motifs is 1. The van der Waals surface area contributed by atoms with Gasteiger partial charge >= 0.3 is 0 Å². The van der Waals surface area contributed by atoms with Gasteiger partial charge in [-0.15, -0.1) is 5.10 Å². The molecule has 3 atom stereocenters. The van der Waals surface area contributed by atoms with E-state index in [2.05, 4.69) is 46.8 Å². The number of benzene rings is 2. The monoisotopic (exact) mass is 559 g/mol. The molecular formula is C31H41N7O3. The first kappa shape index (κ1) is 28.7. The zero-order valence-corrected chi connectivity index (χ0v) is 24.1. The third-order valence-corrected chi connectivity index (χ3v) is 8.52. The fraction of sp³-hybridized carbons (Fsp3) is 0.516. The van der Waals surface area contributed by atoms with Crippen LogP contribution in [0.3, 0.4) is 0 Å². The Morgan fingerprint density at radius 1 is 1.07 bits per heavy atom. The fourth-order valence-electron chi connectivity index (χ4n) is 5.99. The molecule has 2 aliphatic rings. The zero-order valence-electron chi connectivity index (χ0n) is 24.1. The number of rotatable bonds is 10. The summed E-state index contributed by atoms with van der Waals surface area (Å²) in [5.74, 6) is -0.197. The van der Waals surface area contributed by atoms with Crippen molar-refractivity contribution >= 4 is 28.8 Å². The first-order valence-corrected chi connectivity index (χ1v) is 14.7. The number of hydrogen-bond donors (Lipinski definition) is 2. The van der Waals surface area contributed by atoms with Gasteiger partial charge in [0.2, 0.25) is 17.7 Å². The highest BCUT2D eigenvalue weighted by molar-refractivity contribution is 5.90. The van der Waals surface area contributed by atoms with E-state index in [1.807, 2.05) is 30.1 Å². The number of likely N-dealkylation sites (tertiary alicyclic amines) is 2. The number of aryl methyl sites for hydroxylation is 3. The van der Waals surface area contributed by atoms with Gasteiger partial charge in [-0.1, -0.05) is 41.1 Å². The summed E-state index contributed by atoms with van der Waals surface area (Å²) < 4.78 is 1.71. The Balaban J connectivity index is 1.23. The largest absolute Gasteiger partial charge is 0.350 e. The van der Waals surface area contributed by atoms with E-state index in [9.17, 15) is 14.4 Å². The van der Waals surface area contributed by atoms with E-state index in [1.54, 1.807) is 9.58 Å². The summed E-state index contributed by atoms with van der Waals surface area (Å²) >= 11 is 0. The Morgan fingerprint density at radius 3 is 2.56 bits per heavy atom. The summed E-state index contributed by atoms with van der Waals surface area (Å²) in [6, 6.07) is 12.9. The maximum absolute atomic E-state index is 13.6. The first-order valence-electron chi connectivity index (χ1n) is 14.7. The summed E-state index contributed by atoms with van der Waals surface area (Å²) in [7, 11) is 1.84. The molecule has 3 heterocycles. The molecule has 3 N–H and O–H groups in total. The minimum absolute atomic E-state index is 0.0533. The molecule has 218 valence electrons. The standard InChI is InChI=1S/C31H41N7O3/c1-21-5-7-22(8-6-21)9-10-24-18-28(30(40)33-19-23-11-13-27-26(17-23)34-35-36(27)2)38(20-24)31(41)25(32)12-14-29(39)37-15-3-4-16-37/h5-8,11,13,17,24-25,28H,3-4,9-10,12,14-16,18-20,32H2,1-2H3,(H,33,40)/t24?,25-,28+/m1/s1. The van der Waals surface area contributed by atoms with Gasteiger partial charge in [-0.25, -0.2) is 4.68 Å². The van der Waals surface area contributed by atoms with E-state index >= 15 is 0 Å². The van der Waals surface area contributed by atoms with E-state index in [1.165, 1.54) is 11.1 Å². The van der Waals surface area contributed by atoms with Crippen molar-refractivity contribution in [2.75, 3.05) is 19.6 Å². The van der Waals surface area contributed by atoms with Gasteiger partial charge in [-0.2, -0.15) is 0 Å². The maximum atomic E-state index is 13.6. The number of nitrogens with zero attached hydrogens (tertiary/aromatic N) is 5.